The minimum Gasteiger partial charge on any atom is -0.493 e. The molecule has 7 nitrogen and oxygen atoms in total. The van der Waals surface area contributed by atoms with Gasteiger partial charge in [0.2, 0.25) is 5.91 Å². The molecule has 2 aliphatic rings. The lowest BCUT2D eigenvalue weighted by molar-refractivity contribution is -0.122. The van der Waals surface area contributed by atoms with E-state index in [1.807, 2.05) is 0 Å². The van der Waals surface area contributed by atoms with Crippen LogP contribution in [-0.2, 0) is 17.6 Å². The van der Waals surface area contributed by atoms with Gasteiger partial charge in [0.15, 0.2) is 5.96 Å². The van der Waals surface area contributed by atoms with Crippen LogP contribution in [0.15, 0.2) is 23.2 Å². The van der Waals surface area contributed by atoms with Crippen molar-refractivity contribution >= 4 is 35.8 Å². The number of fused-ring (bicyclic) bond motifs is 1. The molecule has 3 rings (SSSR count). The Morgan fingerprint density at radius 2 is 2.10 bits per heavy atom. The summed E-state index contributed by atoms with van der Waals surface area (Å²) in [6.45, 7) is 6.84. The van der Waals surface area contributed by atoms with Crippen molar-refractivity contribution in [3.8, 4) is 5.75 Å². The predicted molar refractivity (Wildman–Crippen MR) is 127 cm³/mol. The van der Waals surface area contributed by atoms with Crippen LogP contribution < -0.4 is 20.7 Å². The van der Waals surface area contributed by atoms with Crippen LogP contribution >= 0.6 is 24.0 Å². The third-order valence-electron chi connectivity index (χ3n) is 5.34. The number of nitrogens with one attached hydrogen (secondary N) is 3. The Balaban J connectivity index is 0.00000300. The molecule has 1 aromatic rings. The smallest absolute Gasteiger partial charge is 0.233 e. The third-order valence-corrected chi connectivity index (χ3v) is 5.34. The summed E-state index contributed by atoms with van der Waals surface area (Å²) in [4.78, 5) is 18.5. The highest BCUT2D eigenvalue weighted by molar-refractivity contribution is 14.0. The Kier molecular flexibility index (Phi) is 9.99. The molecular formula is C21H34IN5O2. The van der Waals surface area contributed by atoms with Crippen LogP contribution in [0.25, 0.3) is 0 Å². The van der Waals surface area contributed by atoms with Gasteiger partial charge in [-0.2, -0.15) is 0 Å². The Labute approximate surface area is 191 Å². The lowest BCUT2D eigenvalue weighted by atomic mass is 10.1. The van der Waals surface area contributed by atoms with Gasteiger partial charge in [-0.25, -0.2) is 0 Å². The van der Waals surface area contributed by atoms with E-state index in [9.17, 15) is 4.79 Å². The number of carbonyl (C=O) groups is 1. The summed E-state index contributed by atoms with van der Waals surface area (Å²) < 4.78 is 5.57. The normalized spacial score (nSPS) is 17.1. The first-order chi connectivity index (χ1) is 13.7. The van der Waals surface area contributed by atoms with Crippen LogP contribution in [0.3, 0.4) is 0 Å². The van der Waals surface area contributed by atoms with Crippen molar-refractivity contribution in [3.63, 3.8) is 0 Å². The molecule has 162 valence electrons. The average Bonchev–Trinajstić information content (AvgIpc) is 3.17. The highest BCUT2D eigenvalue weighted by atomic mass is 127. The molecule has 0 atom stereocenters. The highest BCUT2D eigenvalue weighted by Crippen LogP contribution is 2.25. The zero-order valence-corrected chi connectivity index (χ0v) is 19.8. The number of likely N-dealkylation sites (tertiary alicyclic amines) is 1. The maximum Gasteiger partial charge on any atom is 0.233 e. The first-order valence-corrected chi connectivity index (χ1v) is 10.4. The maximum absolute atomic E-state index is 11.5. The molecule has 3 N–H and O–H groups in total. The van der Waals surface area contributed by atoms with Crippen LogP contribution in [0.5, 0.6) is 5.75 Å². The van der Waals surface area contributed by atoms with E-state index in [4.69, 9.17) is 9.73 Å². The summed E-state index contributed by atoms with van der Waals surface area (Å²) in [7, 11) is 1.69. The topological polar surface area (TPSA) is 78.0 Å². The van der Waals surface area contributed by atoms with Crippen LogP contribution in [0, 0.1) is 0 Å². The molecule has 2 aliphatic heterocycles. The molecule has 8 heteroatoms. The second kappa shape index (κ2) is 12.2. The van der Waals surface area contributed by atoms with E-state index in [-0.39, 0.29) is 29.9 Å². The van der Waals surface area contributed by atoms with E-state index in [1.165, 1.54) is 11.1 Å². The quantitative estimate of drug-likeness (QED) is 0.292. The summed E-state index contributed by atoms with van der Waals surface area (Å²) in [6.07, 6.45) is 3.97. The van der Waals surface area contributed by atoms with Crippen LogP contribution in [0.2, 0.25) is 0 Å². The van der Waals surface area contributed by atoms with Gasteiger partial charge in [-0.05, 0) is 43.4 Å². The lowest BCUT2D eigenvalue weighted by Gasteiger charge is -2.32. The Morgan fingerprint density at radius 1 is 1.31 bits per heavy atom. The molecule has 0 aromatic heterocycles. The van der Waals surface area contributed by atoms with E-state index in [1.54, 1.807) is 7.05 Å². The Hall–Kier alpha value is -1.55. The first-order valence-electron chi connectivity index (χ1n) is 10.4. The minimum atomic E-state index is 0. The molecule has 1 amide bonds. The molecular weight excluding hydrogens is 481 g/mol. The van der Waals surface area contributed by atoms with E-state index in [2.05, 4.69) is 46.0 Å². The molecule has 0 saturated carbocycles. The van der Waals surface area contributed by atoms with Crippen molar-refractivity contribution in [2.75, 3.05) is 46.4 Å². The van der Waals surface area contributed by atoms with Crippen molar-refractivity contribution in [1.29, 1.82) is 0 Å². The molecule has 0 radical (unpaired) electrons. The van der Waals surface area contributed by atoms with Gasteiger partial charge >= 0.3 is 0 Å². The van der Waals surface area contributed by atoms with Gasteiger partial charge in [0.1, 0.15) is 5.75 Å². The van der Waals surface area contributed by atoms with Crippen LogP contribution in [-0.4, -0.2) is 69.2 Å². The van der Waals surface area contributed by atoms with E-state index < -0.39 is 0 Å². The second-order valence-corrected chi connectivity index (χ2v) is 7.42. The average molecular weight is 515 g/mol. The number of benzene rings is 1. The van der Waals surface area contributed by atoms with Gasteiger partial charge in [-0.15, -0.1) is 24.0 Å². The summed E-state index contributed by atoms with van der Waals surface area (Å²) in [5.41, 5.74) is 2.63. The molecule has 0 unspecified atom stereocenters. The second-order valence-electron chi connectivity index (χ2n) is 7.42. The highest BCUT2D eigenvalue weighted by Gasteiger charge is 2.21. The minimum absolute atomic E-state index is 0. The van der Waals surface area contributed by atoms with E-state index in [0.717, 1.165) is 70.2 Å². The van der Waals surface area contributed by atoms with Crippen LogP contribution in [0.1, 0.15) is 30.9 Å². The molecule has 1 saturated heterocycles. The number of amides is 1. The molecule has 1 aromatic carbocycles. The molecule has 0 spiro atoms. The first kappa shape index (κ1) is 23.7. The van der Waals surface area contributed by atoms with Crippen molar-refractivity contribution in [3.05, 3.63) is 29.3 Å². The van der Waals surface area contributed by atoms with E-state index in [0.29, 0.717) is 12.6 Å². The number of rotatable bonds is 7. The van der Waals surface area contributed by atoms with E-state index >= 15 is 0 Å². The number of halogens is 1. The molecule has 1 fully saturated rings. The fraction of sp³-hybridized carbons (Fsp3) is 0.619. The summed E-state index contributed by atoms with van der Waals surface area (Å²) in [5, 5.41) is 9.61. The summed E-state index contributed by atoms with van der Waals surface area (Å²) in [6, 6.07) is 6.87. The van der Waals surface area contributed by atoms with Crippen molar-refractivity contribution in [1.82, 2.24) is 20.9 Å². The molecule has 2 heterocycles. The lowest BCUT2D eigenvalue weighted by Crippen LogP contribution is -2.50. The van der Waals surface area contributed by atoms with Crippen molar-refractivity contribution in [2.45, 2.75) is 38.6 Å². The van der Waals surface area contributed by atoms with Crippen LogP contribution in [0.4, 0.5) is 0 Å². The predicted octanol–water partition coefficient (Wildman–Crippen LogP) is 1.55. The number of piperidine rings is 1. The number of ether oxygens (including phenoxy) is 1. The number of nitrogens with zero attached hydrogens (tertiary/aromatic N) is 2. The fourth-order valence-electron chi connectivity index (χ4n) is 3.72. The number of guanidine groups is 1. The van der Waals surface area contributed by atoms with Gasteiger partial charge in [0.25, 0.3) is 0 Å². The van der Waals surface area contributed by atoms with Gasteiger partial charge in [-0.1, -0.05) is 12.1 Å². The number of likely N-dealkylation sites (N-methyl/N-ethyl adjacent to an activating group) is 1. The molecule has 0 aliphatic carbocycles. The van der Waals surface area contributed by atoms with Crippen molar-refractivity contribution in [2.24, 2.45) is 4.99 Å². The number of hydrogen-bond donors (Lipinski definition) is 3. The summed E-state index contributed by atoms with van der Waals surface area (Å²) >= 11 is 0. The Morgan fingerprint density at radius 3 is 2.83 bits per heavy atom. The fourth-order valence-corrected chi connectivity index (χ4v) is 3.72. The van der Waals surface area contributed by atoms with Gasteiger partial charge in [-0.3, -0.25) is 14.7 Å². The number of hydrogen-bond acceptors (Lipinski definition) is 4. The van der Waals surface area contributed by atoms with Crippen molar-refractivity contribution < 1.29 is 9.53 Å². The number of aliphatic imine (C=N–C) groups is 1. The van der Waals surface area contributed by atoms with Gasteiger partial charge in [0.05, 0.1) is 13.2 Å². The largest absolute Gasteiger partial charge is 0.493 e. The SMILES string of the molecule is CCNC(=NCCc1ccc2c(c1)CCO2)NC1CCN(CC(=O)NC)CC1.I. The third kappa shape index (κ3) is 7.33. The molecule has 29 heavy (non-hydrogen) atoms. The standard InChI is InChI=1S/C21H33N5O2.HI/c1-3-23-21(25-18-7-11-26(12-8-18)15-20(27)22-2)24-10-6-16-4-5-19-17(14-16)9-13-28-19;/h4-5,14,18H,3,6-13,15H2,1-2H3,(H,22,27)(H2,23,24,25);1H. The maximum atomic E-state index is 11.5. The van der Waals surface area contributed by atoms with Gasteiger partial charge < -0.3 is 20.7 Å². The number of carbonyl (C=O) groups excluding carboxylic acids is 1. The van der Waals surface area contributed by atoms with Gasteiger partial charge in [0, 0.05) is 45.7 Å². The zero-order valence-electron chi connectivity index (χ0n) is 17.5. The Bertz CT molecular complexity index is 690. The zero-order chi connectivity index (χ0) is 19.8. The molecule has 0 bridgehead atoms. The summed E-state index contributed by atoms with van der Waals surface area (Å²) in [5.74, 6) is 2.00. The monoisotopic (exact) mass is 515 g/mol.